The minimum atomic E-state index is -0.272. The molecular formula is C17H23N5O3S2. The van der Waals surface area contributed by atoms with Crippen LogP contribution in [-0.2, 0) is 9.59 Å². The molecule has 1 aromatic carbocycles. The van der Waals surface area contributed by atoms with E-state index in [1.54, 1.807) is 38.4 Å². The van der Waals surface area contributed by atoms with Gasteiger partial charge in [-0.1, -0.05) is 36.1 Å². The number of likely N-dealkylation sites (N-methyl/N-ethyl adjacent to an activating group) is 1. The molecule has 2 rings (SSSR count). The number of nitrogens with one attached hydrogen (secondary N) is 2. The van der Waals surface area contributed by atoms with E-state index in [9.17, 15) is 9.59 Å². The molecule has 2 N–H and O–H groups in total. The molecule has 0 fully saturated rings. The van der Waals surface area contributed by atoms with Gasteiger partial charge in [0.15, 0.2) is 4.34 Å². The molecule has 27 heavy (non-hydrogen) atoms. The van der Waals surface area contributed by atoms with Crippen molar-refractivity contribution < 1.29 is 14.3 Å². The molecule has 1 aromatic heterocycles. The third-order valence-electron chi connectivity index (χ3n) is 3.41. The second-order valence-electron chi connectivity index (χ2n) is 5.62. The highest BCUT2D eigenvalue weighted by atomic mass is 32.2. The number of hydrogen-bond acceptors (Lipinski definition) is 8. The van der Waals surface area contributed by atoms with Crippen molar-refractivity contribution in [3.8, 4) is 5.75 Å². The number of benzene rings is 1. The van der Waals surface area contributed by atoms with Gasteiger partial charge in [0.1, 0.15) is 5.75 Å². The number of methoxy groups -OCH3 is 1. The lowest BCUT2D eigenvalue weighted by molar-refractivity contribution is -0.131. The van der Waals surface area contributed by atoms with Gasteiger partial charge in [-0.25, -0.2) is 0 Å². The zero-order valence-electron chi connectivity index (χ0n) is 15.5. The monoisotopic (exact) mass is 409 g/mol. The minimum absolute atomic E-state index is 0.0317. The number of carbonyl (C=O) groups excluding carboxylic acids is 2. The van der Waals surface area contributed by atoms with E-state index in [2.05, 4.69) is 27.8 Å². The molecule has 1 heterocycles. The van der Waals surface area contributed by atoms with E-state index in [-0.39, 0.29) is 24.1 Å². The topological polar surface area (TPSA) is 96.5 Å². The first kappa shape index (κ1) is 21.0. The van der Waals surface area contributed by atoms with Gasteiger partial charge < -0.3 is 20.3 Å². The molecule has 0 radical (unpaired) electrons. The van der Waals surface area contributed by atoms with Crippen molar-refractivity contribution in [2.75, 3.05) is 43.6 Å². The number of nitrogens with zero attached hydrogens (tertiary/aromatic N) is 3. The molecule has 0 atom stereocenters. The average molecular weight is 410 g/mol. The van der Waals surface area contributed by atoms with Crippen molar-refractivity contribution in [1.29, 1.82) is 0 Å². The van der Waals surface area contributed by atoms with Crippen LogP contribution in [0.25, 0.3) is 0 Å². The van der Waals surface area contributed by atoms with Gasteiger partial charge in [0.05, 0.1) is 19.4 Å². The molecule has 2 aromatic rings. The lowest BCUT2D eigenvalue weighted by atomic mass is 10.3. The highest BCUT2D eigenvalue weighted by Gasteiger charge is 2.15. The molecule has 0 saturated heterocycles. The quantitative estimate of drug-likeness (QED) is 0.582. The van der Waals surface area contributed by atoms with Crippen molar-refractivity contribution in [3.05, 3.63) is 24.3 Å². The molecule has 0 aliphatic heterocycles. The Bertz CT molecular complexity index is 769. The van der Waals surface area contributed by atoms with Gasteiger partial charge in [-0.15, -0.1) is 10.2 Å². The fourth-order valence-corrected chi connectivity index (χ4v) is 3.73. The summed E-state index contributed by atoms with van der Waals surface area (Å²) in [7, 11) is 3.16. The summed E-state index contributed by atoms with van der Waals surface area (Å²) in [5.41, 5.74) is 0.621. The number of anilines is 2. The number of aromatic nitrogens is 2. The predicted octanol–water partition coefficient (Wildman–Crippen LogP) is 2.56. The van der Waals surface area contributed by atoms with Crippen LogP contribution in [0.2, 0.25) is 0 Å². The number of amides is 2. The zero-order chi connectivity index (χ0) is 19.6. The van der Waals surface area contributed by atoms with Crippen LogP contribution in [-0.4, -0.2) is 59.9 Å². The molecule has 2 amide bonds. The van der Waals surface area contributed by atoms with E-state index >= 15 is 0 Å². The first-order valence-electron chi connectivity index (χ1n) is 8.40. The molecule has 8 nitrogen and oxygen atoms in total. The summed E-state index contributed by atoms with van der Waals surface area (Å²) in [5.74, 6) is 0.425. The minimum Gasteiger partial charge on any atom is -0.497 e. The Kier molecular flexibility index (Phi) is 8.34. The molecule has 10 heteroatoms. The fraction of sp³-hybridized carbons (Fsp3) is 0.412. The Labute approximate surface area is 166 Å². The first-order valence-corrected chi connectivity index (χ1v) is 10.2. The van der Waals surface area contributed by atoms with Crippen molar-refractivity contribution in [3.63, 3.8) is 0 Å². The lowest BCUT2D eigenvalue weighted by Gasteiger charge is -2.16. The van der Waals surface area contributed by atoms with Gasteiger partial charge in [0.2, 0.25) is 16.9 Å². The standard InChI is InChI=1S/C17H23N5O3S2/c1-4-8-18-16-20-21-17(27-16)26-11-15(24)22(2)10-14(23)19-12-6-5-7-13(9-12)25-3/h5-7,9H,4,8,10-11H2,1-3H3,(H,18,20)(H,19,23). The van der Waals surface area contributed by atoms with Crippen LogP contribution in [0, 0.1) is 0 Å². The summed E-state index contributed by atoms with van der Waals surface area (Å²) >= 11 is 2.73. The van der Waals surface area contributed by atoms with Crippen molar-refractivity contribution in [2.45, 2.75) is 17.7 Å². The third-order valence-corrected chi connectivity index (χ3v) is 5.41. The average Bonchev–Trinajstić information content (AvgIpc) is 3.12. The molecule has 146 valence electrons. The SMILES string of the molecule is CCCNc1nnc(SCC(=O)N(C)CC(=O)Nc2cccc(OC)c2)s1. The van der Waals surface area contributed by atoms with Crippen LogP contribution in [0.5, 0.6) is 5.75 Å². The summed E-state index contributed by atoms with van der Waals surface area (Å²) in [6.07, 6.45) is 1.00. The van der Waals surface area contributed by atoms with Gasteiger partial charge in [-0.3, -0.25) is 9.59 Å². The van der Waals surface area contributed by atoms with E-state index < -0.39 is 0 Å². The maximum Gasteiger partial charge on any atom is 0.243 e. The van der Waals surface area contributed by atoms with Crippen LogP contribution in [0.4, 0.5) is 10.8 Å². The van der Waals surface area contributed by atoms with Crippen LogP contribution >= 0.6 is 23.1 Å². The maximum atomic E-state index is 12.2. The largest absolute Gasteiger partial charge is 0.497 e. The van der Waals surface area contributed by atoms with Gasteiger partial charge in [0, 0.05) is 25.3 Å². The molecule has 0 unspecified atom stereocenters. The third kappa shape index (κ3) is 7.06. The smallest absolute Gasteiger partial charge is 0.243 e. The number of hydrogen-bond donors (Lipinski definition) is 2. The van der Waals surface area contributed by atoms with E-state index in [1.165, 1.54) is 28.0 Å². The molecule has 0 spiro atoms. The maximum absolute atomic E-state index is 12.2. The van der Waals surface area contributed by atoms with Crippen LogP contribution in [0.3, 0.4) is 0 Å². The van der Waals surface area contributed by atoms with Crippen molar-refractivity contribution in [2.24, 2.45) is 0 Å². The Hall–Kier alpha value is -2.33. The lowest BCUT2D eigenvalue weighted by Crippen LogP contribution is -2.35. The Balaban J connectivity index is 1.77. The number of ether oxygens (including phenoxy) is 1. The van der Waals surface area contributed by atoms with Gasteiger partial charge in [-0.05, 0) is 18.6 Å². The molecule has 0 aliphatic carbocycles. The highest BCUT2D eigenvalue weighted by Crippen LogP contribution is 2.25. The Morgan fingerprint density at radius 2 is 2.15 bits per heavy atom. The Morgan fingerprint density at radius 1 is 1.33 bits per heavy atom. The van der Waals surface area contributed by atoms with E-state index in [0.717, 1.165) is 22.4 Å². The summed E-state index contributed by atoms with van der Waals surface area (Å²) in [4.78, 5) is 25.7. The number of carbonyl (C=O) groups is 2. The summed E-state index contributed by atoms with van der Waals surface area (Å²) in [5, 5.41) is 14.7. The molecule has 0 bridgehead atoms. The fourth-order valence-electron chi connectivity index (χ4n) is 2.01. The molecule has 0 saturated carbocycles. The number of thioether (sulfide) groups is 1. The van der Waals surface area contributed by atoms with Gasteiger partial charge in [0.25, 0.3) is 0 Å². The van der Waals surface area contributed by atoms with Crippen molar-refractivity contribution >= 4 is 45.7 Å². The van der Waals surface area contributed by atoms with Crippen LogP contribution in [0.1, 0.15) is 13.3 Å². The molecule has 0 aliphatic rings. The van der Waals surface area contributed by atoms with Gasteiger partial charge >= 0.3 is 0 Å². The number of rotatable bonds is 10. The predicted molar refractivity (Wildman–Crippen MR) is 109 cm³/mol. The van der Waals surface area contributed by atoms with Crippen LogP contribution in [0.15, 0.2) is 28.6 Å². The summed E-state index contributed by atoms with van der Waals surface area (Å²) < 4.78 is 5.84. The second kappa shape index (κ2) is 10.7. The second-order valence-corrected chi connectivity index (χ2v) is 7.82. The van der Waals surface area contributed by atoms with E-state index in [0.29, 0.717) is 11.4 Å². The normalized spacial score (nSPS) is 10.3. The van der Waals surface area contributed by atoms with E-state index in [4.69, 9.17) is 4.74 Å². The van der Waals surface area contributed by atoms with Gasteiger partial charge in [-0.2, -0.15) is 0 Å². The molecular weight excluding hydrogens is 386 g/mol. The van der Waals surface area contributed by atoms with E-state index in [1.807, 2.05) is 0 Å². The van der Waals surface area contributed by atoms with Crippen LogP contribution < -0.4 is 15.4 Å². The first-order chi connectivity index (χ1) is 13.0. The summed E-state index contributed by atoms with van der Waals surface area (Å²) in [6.45, 7) is 2.88. The zero-order valence-corrected chi connectivity index (χ0v) is 17.2. The Morgan fingerprint density at radius 3 is 2.89 bits per heavy atom. The highest BCUT2D eigenvalue weighted by molar-refractivity contribution is 8.01. The van der Waals surface area contributed by atoms with Crippen molar-refractivity contribution in [1.82, 2.24) is 15.1 Å². The summed E-state index contributed by atoms with van der Waals surface area (Å²) in [6, 6.07) is 7.05.